The van der Waals surface area contributed by atoms with Crippen LogP contribution in [0, 0.1) is 0 Å². The minimum atomic E-state index is -0.723. The van der Waals surface area contributed by atoms with E-state index in [9.17, 15) is 9.59 Å². The Morgan fingerprint density at radius 1 is 0.848 bits per heavy atom. The topological polar surface area (TPSA) is 73.9 Å². The van der Waals surface area contributed by atoms with E-state index in [0.29, 0.717) is 30.3 Å². The third kappa shape index (κ3) is 7.68. The molecule has 3 aromatic rings. The highest BCUT2D eigenvalue weighted by Gasteiger charge is 2.18. The zero-order chi connectivity index (χ0) is 23.5. The van der Waals surface area contributed by atoms with E-state index < -0.39 is 12.0 Å². The summed E-state index contributed by atoms with van der Waals surface area (Å²) in [6.45, 7) is 4.38. The molecule has 3 rings (SSSR count). The average Bonchev–Trinajstić information content (AvgIpc) is 2.84. The minimum Gasteiger partial charge on any atom is -0.489 e. The van der Waals surface area contributed by atoms with E-state index in [0.717, 1.165) is 11.1 Å². The lowest BCUT2D eigenvalue weighted by Crippen LogP contribution is -2.40. The Bertz CT molecular complexity index is 1040. The molecule has 3 aromatic carbocycles. The van der Waals surface area contributed by atoms with Crippen LogP contribution >= 0.6 is 0 Å². The lowest BCUT2D eigenvalue weighted by Gasteiger charge is -2.16. The molecule has 0 bridgehead atoms. The predicted octanol–water partition coefficient (Wildman–Crippen LogP) is 4.45. The second kappa shape index (κ2) is 12.3. The zero-order valence-corrected chi connectivity index (χ0v) is 19.0. The van der Waals surface area contributed by atoms with Crippen LogP contribution in [0.1, 0.15) is 30.5 Å². The lowest BCUT2D eigenvalue weighted by molar-refractivity contribution is -0.146. The van der Waals surface area contributed by atoms with Crippen molar-refractivity contribution in [1.82, 2.24) is 5.32 Å². The smallest absolute Gasteiger partial charge is 0.328 e. The molecule has 0 aliphatic carbocycles. The molecular weight excluding hydrogens is 418 g/mol. The molecule has 0 saturated carbocycles. The summed E-state index contributed by atoms with van der Waals surface area (Å²) in [4.78, 5) is 24.4. The van der Waals surface area contributed by atoms with Gasteiger partial charge in [-0.25, -0.2) is 4.79 Å². The molecule has 0 heterocycles. The van der Waals surface area contributed by atoms with Gasteiger partial charge in [0.15, 0.2) is 0 Å². The molecule has 6 heteroatoms. The van der Waals surface area contributed by atoms with E-state index >= 15 is 0 Å². The summed E-state index contributed by atoms with van der Waals surface area (Å²) < 4.78 is 16.9. The molecule has 0 aromatic heterocycles. The van der Waals surface area contributed by atoms with Gasteiger partial charge in [-0.05, 0) is 31.0 Å². The molecule has 0 fully saturated rings. The van der Waals surface area contributed by atoms with Crippen LogP contribution in [-0.2, 0) is 34.0 Å². The molecule has 0 radical (unpaired) electrons. The number of benzene rings is 3. The van der Waals surface area contributed by atoms with Crippen LogP contribution in [0.2, 0.25) is 0 Å². The van der Waals surface area contributed by atoms with E-state index in [4.69, 9.17) is 14.2 Å². The van der Waals surface area contributed by atoms with Gasteiger partial charge in [0.1, 0.15) is 30.8 Å². The fourth-order valence-electron chi connectivity index (χ4n) is 3.17. The number of ether oxygens (including phenoxy) is 3. The second-order valence-electron chi connectivity index (χ2n) is 7.54. The highest BCUT2D eigenvalue weighted by molar-refractivity contribution is 5.85. The van der Waals surface area contributed by atoms with E-state index in [1.54, 1.807) is 19.9 Å². The van der Waals surface area contributed by atoms with Crippen molar-refractivity contribution < 1.29 is 23.8 Å². The fraction of sp³-hybridized carbons (Fsp3) is 0.259. The molecule has 1 atom stereocenters. The van der Waals surface area contributed by atoms with E-state index in [-0.39, 0.29) is 18.9 Å². The third-order valence-electron chi connectivity index (χ3n) is 4.89. The Kier molecular flexibility index (Phi) is 8.88. The van der Waals surface area contributed by atoms with Crippen LogP contribution in [0.3, 0.4) is 0 Å². The van der Waals surface area contributed by atoms with E-state index in [2.05, 4.69) is 5.32 Å². The first-order valence-electron chi connectivity index (χ1n) is 11.0. The summed E-state index contributed by atoms with van der Waals surface area (Å²) in [7, 11) is 0. The van der Waals surface area contributed by atoms with Crippen molar-refractivity contribution in [1.29, 1.82) is 0 Å². The maximum absolute atomic E-state index is 12.5. The Morgan fingerprint density at radius 2 is 1.45 bits per heavy atom. The van der Waals surface area contributed by atoms with Gasteiger partial charge in [-0.15, -0.1) is 0 Å². The Hall–Kier alpha value is -3.80. The van der Waals surface area contributed by atoms with Gasteiger partial charge in [-0.3, -0.25) is 4.79 Å². The number of carbonyl (C=O) groups excluding carboxylic acids is 2. The number of rotatable bonds is 11. The van der Waals surface area contributed by atoms with Crippen molar-refractivity contribution in [3.05, 3.63) is 95.6 Å². The van der Waals surface area contributed by atoms with Gasteiger partial charge in [0, 0.05) is 11.6 Å². The number of hydrogen-bond acceptors (Lipinski definition) is 5. The summed E-state index contributed by atoms with van der Waals surface area (Å²) in [6.07, 6.45) is 0.0623. The van der Waals surface area contributed by atoms with Crippen LogP contribution < -0.4 is 14.8 Å². The first-order chi connectivity index (χ1) is 16.0. The monoisotopic (exact) mass is 447 g/mol. The number of hydrogen-bond donors (Lipinski definition) is 1. The number of nitrogens with one attached hydrogen (secondary N) is 1. The van der Waals surface area contributed by atoms with Crippen molar-refractivity contribution in [2.24, 2.45) is 0 Å². The van der Waals surface area contributed by atoms with Gasteiger partial charge in [0.05, 0.1) is 13.0 Å². The summed E-state index contributed by atoms with van der Waals surface area (Å²) >= 11 is 0. The molecule has 1 N–H and O–H groups in total. The van der Waals surface area contributed by atoms with Crippen LogP contribution in [0.15, 0.2) is 78.9 Å². The van der Waals surface area contributed by atoms with Crippen molar-refractivity contribution in [3.63, 3.8) is 0 Å². The minimum absolute atomic E-state index is 0.0623. The Balaban J connectivity index is 1.71. The van der Waals surface area contributed by atoms with Gasteiger partial charge in [-0.1, -0.05) is 66.7 Å². The molecule has 1 amide bonds. The van der Waals surface area contributed by atoms with Gasteiger partial charge in [0.25, 0.3) is 0 Å². The summed E-state index contributed by atoms with van der Waals surface area (Å²) in [5.41, 5.74) is 2.77. The SMILES string of the molecule is CCOC(=O)C(C)NC(=O)Cc1ccc(OCc2ccccc2)cc1OCc1ccccc1. The van der Waals surface area contributed by atoms with Crippen molar-refractivity contribution in [3.8, 4) is 11.5 Å². The summed E-state index contributed by atoms with van der Waals surface area (Å²) in [5, 5.41) is 2.67. The average molecular weight is 448 g/mol. The van der Waals surface area contributed by atoms with E-state index in [1.807, 2.05) is 72.8 Å². The second-order valence-corrected chi connectivity index (χ2v) is 7.54. The normalized spacial score (nSPS) is 11.3. The largest absolute Gasteiger partial charge is 0.489 e. The maximum atomic E-state index is 12.5. The Morgan fingerprint density at radius 3 is 2.06 bits per heavy atom. The van der Waals surface area contributed by atoms with Gasteiger partial charge < -0.3 is 19.5 Å². The molecule has 0 spiro atoms. The third-order valence-corrected chi connectivity index (χ3v) is 4.89. The molecule has 0 aliphatic rings. The molecule has 0 aliphatic heterocycles. The fourth-order valence-corrected chi connectivity index (χ4v) is 3.17. The molecule has 0 saturated heterocycles. The van der Waals surface area contributed by atoms with Crippen molar-refractivity contribution >= 4 is 11.9 Å². The number of carbonyl (C=O) groups is 2. The lowest BCUT2D eigenvalue weighted by atomic mass is 10.1. The number of esters is 1. The summed E-state index contributed by atoms with van der Waals surface area (Å²) in [5.74, 6) is 0.448. The maximum Gasteiger partial charge on any atom is 0.328 e. The molecule has 172 valence electrons. The molecule has 6 nitrogen and oxygen atoms in total. The quantitative estimate of drug-likeness (QED) is 0.440. The predicted molar refractivity (Wildman–Crippen MR) is 126 cm³/mol. The molecule has 33 heavy (non-hydrogen) atoms. The van der Waals surface area contributed by atoms with Crippen LogP contribution in [-0.4, -0.2) is 24.5 Å². The zero-order valence-electron chi connectivity index (χ0n) is 19.0. The van der Waals surface area contributed by atoms with Gasteiger partial charge in [0.2, 0.25) is 5.91 Å². The van der Waals surface area contributed by atoms with Crippen LogP contribution in [0.25, 0.3) is 0 Å². The number of amides is 1. The standard InChI is InChI=1S/C27H29NO5/c1-3-31-27(30)20(2)28-26(29)16-23-14-15-24(32-18-21-10-6-4-7-11-21)17-25(23)33-19-22-12-8-5-9-13-22/h4-15,17,20H,3,16,18-19H2,1-2H3,(H,28,29). The molecule has 1 unspecified atom stereocenters. The highest BCUT2D eigenvalue weighted by atomic mass is 16.5. The first-order valence-corrected chi connectivity index (χ1v) is 11.0. The molecular formula is C27H29NO5. The van der Waals surface area contributed by atoms with E-state index in [1.165, 1.54) is 0 Å². The highest BCUT2D eigenvalue weighted by Crippen LogP contribution is 2.27. The first kappa shape index (κ1) is 23.9. The van der Waals surface area contributed by atoms with Crippen molar-refractivity contribution in [2.75, 3.05) is 6.61 Å². The van der Waals surface area contributed by atoms with Crippen molar-refractivity contribution in [2.45, 2.75) is 39.5 Å². The Labute approximate surface area is 194 Å². The van der Waals surface area contributed by atoms with Gasteiger partial charge in [-0.2, -0.15) is 0 Å². The van der Waals surface area contributed by atoms with Crippen LogP contribution in [0.4, 0.5) is 0 Å². The van der Waals surface area contributed by atoms with Crippen LogP contribution in [0.5, 0.6) is 11.5 Å². The summed E-state index contributed by atoms with van der Waals surface area (Å²) in [6, 6.07) is 24.4. The van der Waals surface area contributed by atoms with Gasteiger partial charge >= 0.3 is 5.97 Å².